The number of aryl methyl sites for hydroxylation is 3. The van der Waals surface area contributed by atoms with Crippen LogP contribution in [0.3, 0.4) is 0 Å². The third-order valence-electron chi connectivity index (χ3n) is 7.03. The van der Waals surface area contributed by atoms with Crippen LogP contribution >= 0.6 is 0 Å². The molecular weight excluding hydrogens is 466 g/mol. The molecule has 1 unspecified atom stereocenters. The highest BCUT2D eigenvalue weighted by Crippen LogP contribution is 2.35. The van der Waals surface area contributed by atoms with Crippen LogP contribution in [-0.2, 0) is 29.0 Å². The molecule has 0 amide bonds. The molecule has 0 radical (unpaired) electrons. The molecule has 1 aliphatic heterocycles. The second-order valence-corrected chi connectivity index (χ2v) is 9.63. The van der Waals surface area contributed by atoms with Crippen LogP contribution in [0.1, 0.15) is 39.6 Å². The highest BCUT2D eigenvalue weighted by Gasteiger charge is 2.34. The number of hydrogen-bond donors (Lipinski definition) is 1. The first kappa shape index (κ1) is 26.3. The Morgan fingerprint density at radius 3 is 2.35 bits per heavy atom. The molecule has 1 fully saturated rings. The second kappa shape index (κ2) is 12.4. The van der Waals surface area contributed by atoms with Gasteiger partial charge in [0.05, 0.1) is 31.1 Å². The van der Waals surface area contributed by atoms with Crippen molar-refractivity contribution < 1.29 is 29.7 Å². The number of H-pyrrole nitrogens is 1. The number of fused-ring (bicyclic) bond motifs is 2. The third kappa shape index (κ3) is 7.12. The molecule has 7 nitrogen and oxygen atoms in total. The molecule has 1 atom stereocenters. The first-order valence-electron chi connectivity index (χ1n) is 12.7. The number of rotatable bonds is 5. The molecule has 192 valence electrons. The van der Waals surface area contributed by atoms with E-state index in [-0.39, 0.29) is 0 Å². The number of carbonyl (C=O) groups excluding carboxylic acids is 2. The van der Waals surface area contributed by atoms with Crippen LogP contribution in [0.15, 0.2) is 79.0 Å². The van der Waals surface area contributed by atoms with Gasteiger partial charge in [0.2, 0.25) is 0 Å². The van der Waals surface area contributed by atoms with Gasteiger partial charge in [-0.05, 0) is 42.7 Å². The number of pyridine rings is 1. The molecule has 2 N–H and O–H groups in total. The van der Waals surface area contributed by atoms with Gasteiger partial charge in [0.25, 0.3) is 0 Å². The number of aromatic amines is 1. The van der Waals surface area contributed by atoms with Crippen LogP contribution < -0.4 is 20.1 Å². The van der Waals surface area contributed by atoms with Crippen molar-refractivity contribution in [3.8, 4) is 0 Å². The number of hydrogen-bond acceptors (Lipinski definition) is 5. The number of quaternary nitrogens is 1. The molecule has 0 spiro atoms. The molecule has 5 rings (SSSR count). The first-order valence-corrected chi connectivity index (χ1v) is 12.7. The monoisotopic (exact) mass is 499 g/mol. The molecule has 1 saturated heterocycles. The molecule has 1 aromatic heterocycles. The molecule has 1 aliphatic carbocycles. The number of nitrogens with zero attached hydrogens (tertiary/aromatic N) is 1. The lowest BCUT2D eigenvalue weighted by Gasteiger charge is -2.37. The Balaban J connectivity index is 0.000000349. The minimum absolute atomic E-state index is 0.377. The highest BCUT2D eigenvalue weighted by atomic mass is 16.4. The minimum atomic E-state index is -1.55. The van der Waals surface area contributed by atoms with Gasteiger partial charge in [-0.25, -0.2) is 4.98 Å². The van der Waals surface area contributed by atoms with E-state index in [2.05, 4.69) is 83.7 Å². The Bertz CT molecular complexity index is 1200. The summed E-state index contributed by atoms with van der Waals surface area (Å²) in [7, 11) is 0. The Kier molecular flexibility index (Phi) is 8.82. The number of carboxylic acid groups (broad SMARTS) is 2. The van der Waals surface area contributed by atoms with E-state index < -0.39 is 11.9 Å². The number of carbonyl (C=O) groups is 2. The summed E-state index contributed by atoms with van der Waals surface area (Å²) in [5, 5.41) is 18.8. The fourth-order valence-electron chi connectivity index (χ4n) is 5.33. The molecule has 0 saturated carbocycles. The molecule has 2 aromatic carbocycles. The number of piperazine rings is 1. The number of carboxylic acids is 2. The lowest BCUT2D eigenvalue weighted by molar-refractivity contribution is -0.918. The SMILES string of the molecule is Cc1cccc(C[NH+]2CCN(C3c4ccccc4CCc4[nH+]cccc43)CC2)c1.O=C([O-])/C=C\C(=O)[O-]. The van der Waals surface area contributed by atoms with Crippen LogP contribution in [0.25, 0.3) is 0 Å². The van der Waals surface area contributed by atoms with Crippen LogP contribution in [0, 0.1) is 6.92 Å². The van der Waals surface area contributed by atoms with Crippen molar-refractivity contribution in [3.05, 3.63) is 113 Å². The fourth-order valence-corrected chi connectivity index (χ4v) is 5.33. The lowest BCUT2D eigenvalue weighted by atomic mass is 9.94. The van der Waals surface area contributed by atoms with Gasteiger partial charge in [0.1, 0.15) is 6.54 Å². The zero-order chi connectivity index (χ0) is 26.2. The Labute approximate surface area is 217 Å². The summed E-state index contributed by atoms with van der Waals surface area (Å²) in [6.07, 6.45) is 5.07. The molecule has 2 aliphatic rings. The number of aromatic nitrogens is 1. The van der Waals surface area contributed by atoms with Gasteiger partial charge in [0.15, 0.2) is 11.9 Å². The van der Waals surface area contributed by atoms with Crippen molar-refractivity contribution >= 4 is 11.9 Å². The van der Waals surface area contributed by atoms with E-state index in [9.17, 15) is 19.8 Å². The maximum Gasteiger partial charge on any atom is 0.185 e. The van der Waals surface area contributed by atoms with Crippen LogP contribution in [0.4, 0.5) is 0 Å². The third-order valence-corrected chi connectivity index (χ3v) is 7.03. The van der Waals surface area contributed by atoms with E-state index in [4.69, 9.17) is 0 Å². The van der Waals surface area contributed by atoms with Crippen molar-refractivity contribution in [2.75, 3.05) is 26.2 Å². The van der Waals surface area contributed by atoms with Gasteiger partial charge in [-0.3, -0.25) is 4.90 Å². The van der Waals surface area contributed by atoms with E-state index in [0.29, 0.717) is 18.2 Å². The summed E-state index contributed by atoms with van der Waals surface area (Å²) >= 11 is 0. The fraction of sp³-hybridized carbons (Fsp3) is 0.300. The lowest BCUT2D eigenvalue weighted by Crippen LogP contribution is -3.13. The Morgan fingerprint density at radius 1 is 0.946 bits per heavy atom. The number of aliphatic carboxylic acids is 2. The van der Waals surface area contributed by atoms with Crippen molar-refractivity contribution in [2.45, 2.75) is 32.4 Å². The molecule has 2 heterocycles. The maximum atomic E-state index is 9.41. The van der Waals surface area contributed by atoms with Crippen molar-refractivity contribution in [1.29, 1.82) is 0 Å². The summed E-state index contributed by atoms with van der Waals surface area (Å²) in [6, 6.07) is 23.0. The van der Waals surface area contributed by atoms with Gasteiger partial charge in [-0.15, -0.1) is 0 Å². The maximum absolute atomic E-state index is 9.41. The summed E-state index contributed by atoms with van der Waals surface area (Å²) in [6.45, 7) is 8.04. The predicted molar refractivity (Wildman–Crippen MR) is 135 cm³/mol. The first-order chi connectivity index (χ1) is 17.9. The molecule has 7 heteroatoms. The summed E-state index contributed by atoms with van der Waals surface area (Å²) < 4.78 is 0. The molecule has 3 aromatic rings. The topological polar surface area (TPSA) is 102 Å². The van der Waals surface area contributed by atoms with Gasteiger partial charge >= 0.3 is 0 Å². The highest BCUT2D eigenvalue weighted by molar-refractivity contribution is 5.87. The van der Waals surface area contributed by atoms with Crippen molar-refractivity contribution in [2.24, 2.45) is 0 Å². The van der Waals surface area contributed by atoms with E-state index in [1.165, 1.54) is 46.6 Å². The zero-order valence-electron chi connectivity index (χ0n) is 21.1. The predicted octanol–water partition coefficient (Wildman–Crippen LogP) is -0.560. The van der Waals surface area contributed by atoms with Crippen LogP contribution in [0.5, 0.6) is 0 Å². The second-order valence-electron chi connectivity index (χ2n) is 9.63. The van der Waals surface area contributed by atoms with Crippen LogP contribution in [0.2, 0.25) is 0 Å². The smallest absolute Gasteiger partial charge is 0.185 e. The average Bonchev–Trinajstić information content (AvgIpc) is 3.05. The quantitative estimate of drug-likeness (QED) is 0.475. The summed E-state index contributed by atoms with van der Waals surface area (Å²) in [5.74, 6) is -3.09. The van der Waals surface area contributed by atoms with E-state index >= 15 is 0 Å². The van der Waals surface area contributed by atoms with E-state index in [0.717, 1.165) is 32.5 Å². The molecular formula is C30H33N3O4. The van der Waals surface area contributed by atoms with Gasteiger partial charge < -0.3 is 24.7 Å². The van der Waals surface area contributed by atoms with Gasteiger partial charge in [-0.1, -0.05) is 54.1 Å². The molecule has 0 bridgehead atoms. The van der Waals surface area contributed by atoms with Crippen molar-refractivity contribution in [1.82, 2.24) is 4.90 Å². The number of nitrogens with one attached hydrogen (secondary N) is 2. The normalized spacial score (nSPS) is 17.7. The van der Waals surface area contributed by atoms with Crippen molar-refractivity contribution in [3.63, 3.8) is 0 Å². The summed E-state index contributed by atoms with van der Waals surface area (Å²) in [4.78, 5) is 26.8. The standard InChI is InChI=1S/C26H29N3.C4H4O4/c1-20-6-4-7-21(18-20)19-28-14-16-29(17-15-28)26-23-9-3-2-8-22(23)11-12-25-24(26)10-5-13-27-25;5-3(6)1-2-4(7)8/h2-10,13,18,26H,11-12,14-17,19H2,1H3;1-2H,(H,5,6)(H,7,8)/b;2-1-. The minimum Gasteiger partial charge on any atom is -0.545 e. The Hall–Kier alpha value is -3.81. The van der Waals surface area contributed by atoms with Crippen LogP contribution in [-0.4, -0.2) is 43.0 Å². The van der Waals surface area contributed by atoms with E-state index in [1.807, 2.05) is 0 Å². The summed E-state index contributed by atoms with van der Waals surface area (Å²) in [5.41, 5.74) is 8.73. The van der Waals surface area contributed by atoms with E-state index in [1.54, 1.807) is 4.90 Å². The largest absolute Gasteiger partial charge is 0.545 e. The van der Waals surface area contributed by atoms with Gasteiger partial charge in [0, 0.05) is 36.7 Å². The zero-order valence-corrected chi connectivity index (χ0v) is 21.1. The average molecular weight is 500 g/mol. The van der Waals surface area contributed by atoms with Gasteiger partial charge in [-0.2, -0.15) is 0 Å². The number of benzene rings is 2. The molecule has 37 heavy (non-hydrogen) atoms. The Morgan fingerprint density at radius 2 is 1.65 bits per heavy atom.